The van der Waals surface area contributed by atoms with Gasteiger partial charge >= 0.3 is 6.18 Å². The first-order valence-electron chi connectivity index (χ1n) is 6.01. The Labute approximate surface area is 119 Å². The first-order chi connectivity index (χ1) is 8.78. The Balaban J connectivity index is 2.50. The van der Waals surface area contributed by atoms with E-state index in [1.807, 2.05) is 13.0 Å². The lowest BCUT2D eigenvalue weighted by atomic mass is 10.1. The van der Waals surface area contributed by atoms with Gasteiger partial charge in [0.25, 0.3) is 0 Å². The second-order valence-electron chi connectivity index (χ2n) is 4.50. The van der Waals surface area contributed by atoms with Crippen LogP contribution in [0.4, 0.5) is 13.2 Å². The molecule has 2 N–H and O–H groups in total. The molecule has 2 nitrogen and oxygen atoms in total. The molecule has 0 aliphatic rings. The second-order valence-corrected chi connectivity index (χ2v) is 5.36. The van der Waals surface area contributed by atoms with Gasteiger partial charge in [-0.05, 0) is 43.5 Å². The topological polar surface area (TPSA) is 35.2 Å². The van der Waals surface area contributed by atoms with E-state index in [2.05, 4.69) is 15.9 Å². The Morgan fingerprint density at radius 2 is 2.05 bits per heavy atom. The van der Waals surface area contributed by atoms with Crippen molar-refractivity contribution in [3.8, 4) is 5.75 Å². The smallest absolute Gasteiger partial charge is 0.389 e. The third-order valence-corrected chi connectivity index (χ3v) is 3.21. The Morgan fingerprint density at radius 1 is 1.37 bits per heavy atom. The lowest BCUT2D eigenvalue weighted by molar-refractivity contribution is -0.136. The van der Waals surface area contributed by atoms with Gasteiger partial charge in [0.2, 0.25) is 0 Å². The highest BCUT2D eigenvalue weighted by Crippen LogP contribution is 2.25. The highest BCUT2D eigenvalue weighted by Gasteiger charge is 2.26. The van der Waals surface area contributed by atoms with Gasteiger partial charge in [0, 0.05) is 16.9 Å². The normalized spacial score (nSPS) is 13.4. The number of hydrogen-bond acceptors (Lipinski definition) is 2. The number of ether oxygens (including phenoxy) is 1. The molecule has 0 spiro atoms. The van der Waals surface area contributed by atoms with Gasteiger partial charge in [-0.2, -0.15) is 13.2 Å². The van der Waals surface area contributed by atoms with E-state index in [-0.39, 0.29) is 19.1 Å². The lowest BCUT2D eigenvalue weighted by Gasteiger charge is -2.12. The van der Waals surface area contributed by atoms with Crippen LogP contribution < -0.4 is 10.5 Å². The standard InChI is InChI=1S/C13H17BrF3NO/c1-9(18)7-10-8-11(3-4-12(10)14)19-6-2-5-13(15,16)17/h3-4,8-9H,2,5-7,18H2,1H3. The second kappa shape index (κ2) is 7.14. The Morgan fingerprint density at radius 3 is 2.63 bits per heavy atom. The molecule has 0 heterocycles. The average molecular weight is 340 g/mol. The van der Waals surface area contributed by atoms with Crippen LogP contribution in [0, 0.1) is 0 Å². The summed E-state index contributed by atoms with van der Waals surface area (Å²) in [6.45, 7) is 1.95. The van der Waals surface area contributed by atoms with Crippen LogP contribution in [0.15, 0.2) is 22.7 Å². The fourth-order valence-corrected chi connectivity index (χ4v) is 2.02. The van der Waals surface area contributed by atoms with Crippen LogP contribution in [0.2, 0.25) is 0 Å². The minimum Gasteiger partial charge on any atom is -0.494 e. The number of halogens is 4. The molecule has 1 aromatic carbocycles. The van der Waals surface area contributed by atoms with Gasteiger partial charge in [0.05, 0.1) is 6.61 Å². The predicted molar refractivity (Wildman–Crippen MR) is 72.3 cm³/mol. The maximum atomic E-state index is 12.0. The molecule has 0 aliphatic heterocycles. The number of benzene rings is 1. The molecule has 6 heteroatoms. The van der Waals surface area contributed by atoms with Crippen molar-refractivity contribution < 1.29 is 17.9 Å². The molecule has 0 saturated carbocycles. The zero-order chi connectivity index (χ0) is 14.5. The van der Waals surface area contributed by atoms with Crippen LogP contribution in [0.25, 0.3) is 0 Å². The summed E-state index contributed by atoms with van der Waals surface area (Å²) >= 11 is 3.41. The van der Waals surface area contributed by atoms with Gasteiger partial charge in [0.1, 0.15) is 5.75 Å². The van der Waals surface area contributed by atoms with Gasteiger partial charge in [-0.25, -0.2) is 0 Å². The van der Waals surface area contributed by atoms with E-state index < -0.39 is 12.6 Å². The first kappa shape index (κ1) is 16.3. The molecule has 0 fully saturated rings. The van der Waals surface area contributed by atoms with Crippen LogP contribution >= 0.6 is 15.9 Å². The van der Waals surface area contributed by atoms with E-state index in [4.69, 9.17) is 10.5 Å². The van der Waals surface area contributed by atoms with E-state index in [0.29, 0.717) is 12.2 Å². The van der Waals surface area contributed by atoms with Gasteiger partial charge in [-0.3, -0.25) is 0 Å². The number of alkyl halides is 3. The predicted octanol–water partition coefficient (Wildman–Crippen LogP) is 4.06. The minimum atomic E-state index is -4.12. The van der Waals surface area contributed by atoms with Crippen molar-refractivity contribution in [2.24, 2.45) is 5.73 Å². The summed E-state index contributed by atoms with van der Waals surface area (Å²) < 4.78 is 42.1. The fourth-order valence-electron chi connectivity index (χ4n) is 1.61. The molecule has 19 heavy (non-hydrogen) atoms. The molecule has 0 amide bonds. The van der Waals surface area contributed by atoms with Crippen molar-refractivity contribution in [3.05, 3.63) is 28.2 Å². The molecule has 108 valence electrons. The van der Waals surface area contributed by atoms with Crippen molar-refractivity contribution in [2.75, 3.05) is 6.61 Å². The van der Waals surface area contributed by atoms with E-state index >= 15 is 0 Å². The molecule has 0 saturated heterocycles. The van der Waals surface area contributed by atoms with Crippen molar-refractivity contribution >= 4 is 15.9 Å². The third kappa shape index (κ3) is 6.82. The third-order valence-electron chi connectivity index (χ3n) is 2.43. The zero-order valence-electron chi connectivity index (χ0n) is 10.6. The SMILES string of the molecule is CC(N)Cc1cc(OCCCC(F)(F)F)ccc1Br. The fraction of sp³-hybridized carbons (Fsp3) is 0.538. The summed E-state index contributed by atoms with van der Waals surface area (Å²) in [6, 6.07) is 5.36. The summed E-state index contributed by atoms with van der Waals surface area (Å²) in [5.41, 5.74) is 6.72. The first-order valence-corrected chi connectivity index (χ1v) is 6.81. The average Bonchev–Trinajstić information content (AvgIpc) is 2.26. The van der Waals surface area contributed by atoms with Gasteiger partial charge in [-0.1, -0.05) is 15.9 Å². The van der Waals surface area contributed by atoms with E-state index in [1.54, 1.807) is 12.1 Å². The molecule has 1 atom stereocenters. The number of nitrogens with two attached hydrogens (primary N) is 1. The molecule has 0 bridgehead atoms. The summed E-state index contributed by atoms with van der Waals surface area (Å²) in [5, 5.41) is 0. The molecule has 1 rings (SSSR count). The molecular weight excluding hydrogens is 323 g/mol. The Hall–Kier alpha value is -0.750. The van der Waals surface area contributed by atoms with Gasteiger partial charge in [-0.15, -0.1) is 0 Å². The summed E-state index contributed by atoms with van der Waals surface area (Å²) in [4.78, 5) is 0. The van der Waals surface area contributed by atoms with Crippen molar-refractivity contribution in [1.82, 2.24) is 0 Å². The highest BCUT2D eigenvalue weighted by molar-refractivity contribution is 9.10. The van der Waals surface area contributed by atoms with Crippen LogP contribution in [-0.4, -0.2) is 18.8 Å². The molecule has 0 aromatic heterocycles. The maximum absolute atomic E-state index is 12.0. The summed E-state index contributed by atoms with van der Waals surface area (Å²) in [7, 11) is 0. The van der Waals surface area contributed by atoms with E-state index in [9.17, 15) is 13.2 Å². The minimum absolute atomic E-state index is 0.0109. The molecule has 1 unspecified atom stereocenters. The van der Waals surface area contributed by atoms with Crippen LogP contribution in [0.5, 0.6) is 5.75 Å². The van der Waals surface area contributed by atoms with Crippen LogP contribution in [-0.2, 0) is 6.42 Å². The van der Waals surface area contributed by atoms with Crippen molar-refractivity contribution in [2.45, 2.75) is 38.4 Å². The largest absolute Gasteiger partial charge is 0.494 e. The highest BCUT2D eigenvalue weighted by atomic mass is 79.9. The van der Waals surface area contributed by atoms with E-state index in [1.165, 1.54) is 0 Å². The van der Waals surface area contributed by atoms with Crippen LogP contribution in [0.1, 0.15) is 25.3 Å². The van der Waals surface area contributed by atoms with Gasteiger partial charge < -0.3 is 10.5 Å². The van der Waals surface area contributed by atoms with Gasteiger partial charge in [0.15, 0.2) is 0 Å². The lowest BCUT2D eigenvalue weighted by Crippen LogP contribution is -2.18. The molecule has 0 radical (unpaired) electrons. The van der Waals surface area contributed by atoms with E-state index in [0.717, 1.165) is 10.0 Å². The Kier molecular flexibility index (Phi) is 6.13. The molecular formula is C13H17BrF3NO. The number of hydrogen-bond donors (Lipinski definition) is 1. The molecule has 1 aromatic rings. The quantitative estimate of drug-likeness (QED) is 0.793. The van der Waals surface area contributed by atoms with Crippen LogP contribution in [0.3, 0.4) is 0 Å². The Bertz CT molecular complexity index is 407. The van der Waals surface area contributed by atoms with Crippen molar-refractivity contribution in [3.63, 3.8) is 0 Å². The maximum Gasteiger partial charge on any atom is 0.389 e. The van der Waals surface area contributed by atoms with Crippen molar-refractivity contribution in [1.29, 1.82) is 0 Å². The summed E-state index contributed by atoms with van der Waals surface area (Å²) in [6.07, 6.45) is -4.30. The zero-order valence-corrected chi connectivity index (χ0v) is 12.2. The molecule has 0 aliphatic carbocycles. The number of rotatable bonds is 6. The summed E-state index contributed by atoms with van der Waals surface area (Å²) in [5.74, 6) is 0.570. The monoisotopic (exact) mass is 339 g/mol.